The number of ether oxygens (including phenoxy) is 1. The molecule has 0 aliphatic carbocycles. The average molecular weight is 339 g/mol. The van der Waals surface area contributed by atoms with Crippen LogP contribution >= 0.6 is 0 Å². The zero-order valence-electron chi connectivity index (χ0n) is 14.0. The molecule has 1 heterocycles. The first kappa shape index (κ1) is 17.0. The van der Waals surface area contributed by atoms with E-state index in [9.17, 15) is 9.59 Å². The van der Waals surface area contributed by atoms with Crippen LogP contribution in [0.25, 0.3) is 0 Å². The highest BCUT2D eigenvalue weighted by Crippen LogP contribution is 2.22. The minimum Gasteiger partial charge on any atom is -0.481 e. The molecule has 0 bridgehead atoms. The van der Waals surface area contributed by atoms with Crippen LogP contribution in [0.2, 0.25) is 0 Å². The summed E-state index contributed by atoms with van der Waals surface area (Å²) in [6.07, 6.45) is 1.09. The van der Waals surface area contributed by atoms with Gasteiger partial charge in [0.05, 0.1) is 0 Å². The Kier molecular flexibility index (Phi) is 5.33. The molecule has 1 amide bonds. The molecule has 25 heavy (non-hydrogen) atoms. The fourth-order valence-corrected chi connectivity index (χ4v) is 2.98. The molecule has 0 unspecified atom stereocenters. The van der Waals surface area contributed by atoms with Crippen molar-refractivity contribution < 1.29 is 19.4 Å². The van der Waals surface area contributed by atoms with Crippen molar-refractivity contribution in [3.05, 3.63) is 70.8 Å². The maximum absolute atomic E-state index is 12.3. The smallest absolute Gasteiger partial charge is 0.410 e. The topological polar surface area (TPSA) is 66.8 Å². The summed E-state index contributed by atoms with van der Waals surface area (Å²) in [4.78, 5) is 24.7. The van der Waals surface area contributed by atoms with E-state index in [0.29, 0.717) is 19.5 Å². The van der Waals surface area contributed by atoms with Crippen molar-refractivity contribution >= 4 is 12.1 Å². The van der Waals surface area contributed by atoms with Crippen molar-refractivity contribution in [2.45, 2.75) is 32.4 Å². The molecule has 1 aliphatic rings. The number of carbonyl (C=O) groups is 2. The van der Waals surface area contributed by atoms with Crippen molar-refractivity contribution in [2.75, 3.05) is 6.54 Å². The molecule has 5 heteroatoms. The molecule has 0 fully saturated rings. The Bertz CT molecular complexity index is 758. The van der Waals surface area contributed by atoms with Gasteiger partial charge in [-0.05, 0) is 35.1 Å². The molecule has 0 saturated carbocycles. The Balaban J connectivity index is 1.60. The standard InChI is InChI=1S/C20H21NO4/c22-19(23)9-7-15-6-8-17-10-11-21(13-18(17)12-15)20(24)25-14-16-4-2-1-3-5-16/h1-6,8,12H,7,9-11,13-14H2,(H,22,23). The minimum absolute atomic E-state index is 0.113. The number of hydrogen-bond donors (Lipinski definition) is 1. The van der Waals surface area contributed by atoms with E-state index in [1.54, 1.807) is 4.90 Å². The Morgan fingerprint density at radius 2 is 1.84 bits per heavy atom. The predicted octanol–water partition coefficient (Wildman–Crippen LogP) is 3.40. The van der Waals surface area contributed by atoms with Crippen molar-refractivity contribution in [3.8, 4) is 0 Å². The fraction of sp³-hybridized carbons (Fsp3) is 0.300. The lowest BCUT2D eigenvalue weighted by Gasteiger charge is -2.28. The van der Waals surface area contributed by atoms with Gasteiger partial charge in [0.25, 0.3) is 0 Å². The van der Waals surface area contributed by atoms with Gasteiger partial charge in [-0.1, -0.05) is 48.5 Å². The highest BCUT2D eigenvalue weighted by atomic mass is 16.6. The van der Waals surface area contributed by atoms with Gasteiger partial charge >= 0.3 is 12.1 Å². The highest BCUT2D eigenvalue weighted by molar-refractivity contribution is 5.68. The van der Waals surface area contributed by atoms with Crippen LogP contribution in [0.1, 0.15) is 28.7 Å². The molecule has 0 saturated heterocycles. The van der Waals surface area contributed by atoms with E-state index >= 15 is 0 Å². The van der Waals surface area contributed by atoms with E-state index in [2.05, 4.69) is 0 Å². The van der Waals surface area contributed by atoms with Crippen molar-refractivity contribution in [1.82, 2.24) is 4.90 Å². The maximum atomic E-state index is 12.3. The predicted molar refractivity (Wildman–Crippen MR) is 93.1 cm³/mol. The first-order valence-corrected chi connectivity index (χ1v) is 8.40. The number of aryl methyl sites for hydroxylation is 1. The second-order valence-corrected chi connectivity index (χ2v) is 6.21. The molecule has 0 radical (unpaired) electrons. The first-order valence-electron chi connectivity index (χ1n) is 8.40. The lowest BCUT2D eigenvalue weighted by atomic mass is 9.96. The normalized spacial score (nSPS) is 13.2. The molecule has 130 valence electrons. The largest absolute Gasteiger partial charge is 0.481 e. The minimum atomic E-state index is -0.802. The van der Waals surface area contributed by atoms with Crippen LogP contribution in [0, 0.1) is 0 Å². The molecule has 2 aromatic carbocycles. The van der Waals surface area contributed by atoms with Crippen LogP contribution in [-0.4, -0.2) is 28.6 Å². The molecular formula is C20H21NO4. The van der Waals surface area contributed by atoms with Crippen LogP contribution in [0.3, 0.4) is 0 Å². The summed E-state index contributed by atoms with van der Waals surface area (Å²) in [5.41, 5.74) is 4.24. The van der Waals surface area contributed by atoms with Gasteiger partial charge in [0, 0.05) is 19.5 Å². The average Bonchev–Trinajstić information content (AvgIpc) is 2.64. The van der Waals surface area contributed by atoms with Gasteiger partial charge in [-0.25, -0.2) is 4.79 Å². The van der Waals surface area contributed by atoms with Crippen LogP contribution in [-0.2, 0) is 35.5 Å². The van der Waals surface area contributed by atoms with Crippen molar-refractivity contribution in [3.63, 3.8) is 0 Å². The zero-order valence-corrected chi connectivity index (χ0v) is 14.0. The van der Waals surface area contributed by atoms with Gasteiger partial charge in [-0.15, -0.1) is 0 Å². The summed E-state index contributed by atoms with van der Waals surface area (Å²) in [5.74, 6) is -0.802. The van der Waals surface area contributed by atoms with Crippen LogP contribution in [0.15, 0.2) is 48.5 Å². The Morgan fingerprint density at radius 3 is 2.60 bits per heavy atom. The molecule has 1 aliphatic heterocycles. The van der Waals surface area contributed by atoms with Crippen molar-refractivity contribution in [1.29, 1.82) is 0 Å². The number of fused-ring (bicyclic) bond motifs is 1. The monoisotopic (exact) mass is 339 g/mol. The number of nitrogens with zero attached hydrogens (tertiary/aromatic N) is 1. The third-order valence-electron chi connectivity index (χ3n) is 4.37. The molecular weight excluding hydrogens is 318 g/mol. The van der Waals surface area contributed by atoms with Crippen molar-refractivity contribution in [2.24, 2.45) is 0 Å². The molecule has 1 N–H and O–H groups in total. The number of rotatable bonds is 5. The van der Waals surface area contributed by atoms with Crippen LogP contribution in [0.4, 0.5) is 4.79 Å². The van der Waals surface area contributed by atoms with Gasteiger partial charge in [0.1, 0.15) is 6.61 Å². The SMILES string of the molecule is O=C(O)CCc1ccc2c(c1)CN(C(=O)OCc1ccccc1)CC2. The van der Waals surface area contributed by atoms with E-state index < -0.39 is 5.97 Å². The van der Waals surface area contributed by atoms with Gasteiger partial charge in [-0.3, -0.25) is 4.79 Å². The van der Waals surface area contributed by atoms with E-state index in [1.165, 1.54) is 5.56 Å². The third-order valence-corrected chi connectivity index (χ3v) is 4.37. The number of carboxylic acids is 1. The van der Waals surface area contributed by atoms with Gasteiger partial charge < -0.3 is 14.7 Å². The Labute approximate surface area is 146 Å². The number of hydrogen-bond acceptors (Lipinski definition) is 3. The summed E-state index contributed by atoms with van der Waals surface area (Å²) in [6, 6.07) is 15.6. The summed E-state index contributed by atoms with van der Waals surface area (Å²) >= 11 is 0. The summed E-state index contributed by atoms with van der Waals surface area (Å²) in [6.45, 7) is 1.40. The van der Waals surface area contributed by atoms with E-state index in [1.807, 2.05) is 48.5 Å². The summed E-state index contributed by atoms with van der Waals surface area (Å²) in [5, 5.41) is 8.81. The Hall–Kier alpha value is -2.82. The molecule has 5 nitrogen and oxygen atoms in total. The van der Waals surface area contributed by atoms with Gasteiger partial charge in [-0.2, -0.15) is 0 Å². The molecule has 0 aromatic heterocycles. The zero-order chi connectivity index (χ0) is 17.6. The molecule has 3 rings (SSSR count). The number of carboxylic acid groups (broad SMARTS) is 1. The number of aliphatic carboxylic acids is 1. The quantitative estimate of drug-likeness (QED) is 0.907. The number of amides is 1. The molecule has 0 spiro atoms. The second kappa shape index (κ2) is 7.83. The molecule has 2 aromatic rings. The third kappa shape index (κ3) is 4.59. The summed E-state index contributed by atoms with van der Waals surface area (Å²) < 4.78 is 5.40. The summed E-state index contributed by atoms with van der Waals surface area (Å²) in [7, 11) is 0. The lowest BCUT2D eigenvalue weighted by Crippen LogP contribution is -2.36. The highest BCUT2D eigenvalue weighted by Gasteiger charge is 2.22. The van der Waals surface area contributed by atoms with E-state index in [0.717, 1.165) is 23.1 Å². The lowest BCUT2D eigenvalue weighted by molar-refractivity contribution is -0.136. The maximum Gasteiger partial charge on any atom is 0.410 e. The first-order chi connectivity index (χ1) is 12.1. The molecule has 0 atom stereocenters. The fourth-order valence-electron chi connectivity index (χ4n) is 2.98. The Morgan fingerprint density at radius 1 is 1.04 bits per heavy atom. The van der Waals surface area contributed by atoms with E-state index in [4.69, 9.17) is 9.84 Å². The van der Waals surface area contributed by atoms with Gasteiger partial charge in [0.2, 0.25) is 0 Å². The van der Waals surface area contributed by atoms with Gasteiger partial charge in [0.15, 0.2) is 0 Å². The number of benzene rings is 2. The van der Waals surface area contributed by atoms with E-state index in [-0.39, 0.29) is 19.1 Å². The second-order valence-electron chi connectivity index (χ2n) is 6.21. The number of carbonyl (C=O) groups excluding carboxylic acids is 1. The van der Waals surface area contributed by atoms with Crippen LogP contribution < -0.4 is 0 Å². The van der Waals surface area contributed by atoms with Crippen LogP contribution in [0.5, 0.6) is 0 Å².